The van der Waals surface area contributed by atoms with Crippen LogP contribution >= 0.6 is 15.9 Å². The van der Waals surface area contributed by atoms with Crippen LogP contribution in [0.3, 0.4) is 0 Å². The van der Waals surface area contributed by atoms with Gasteiger partial charge in [0.25, 0.3) is 0 Å². The molecule has 1 aliphatic heterocycles. The Morgan fingerprint density at radius 1 is 1.73 bits per heavy atom. The van der Waals surface area contributed by atoms with E-state index in [9.17, 15) is 0 Å². The number of aryl methyl sites for hydroxylation is 1. The topological polar surface area (TPSA) is 33.1 Å². The first-order valence-corrected chi connectivity index (χ1v) is 6.05. The molecule has 5 heteroatoms. The zero-order chi connectivity index (χ0) is 10.8. The lowest BCUT2D eigenvalue weighted by molar-refractivity contribution is 0.242. The maximum atomic E-state index is 4.22. The van der Waals surface area contributed by atoms with Crippen LogP contribution in [0.1, 0.15) is 12.1 Å². The van der Waals surface area contributed by atoms with E-state index < -0.39 is 0 Å². The summed E-state index contributed by atoms with van der Waals surface area (Å²) in [6, 6.07) is 0.659. The van der Waals surface area contributed by atoms with Crippen molar-refractivity contribution in [2.24, 2.45) is 7.05 Å². The fourth-order valence-electron chi connectivity index (χ4n) is 1.99. The number of nitrogens with one attached hydrogen (secondary N) is 1. The minimum atomic E-state index is 0.659. The van der Waals surface area contributed by atoms with Crippen LogP contribution in [0.15, 0.2) is 10.7 Å². The summed E-state index contributed by atoms with van der Waals surface area (Å²) in [6.07, 6.45) is 3.10. The Morgan fingerprint density at radius 3 is 3.07 bits per heavy atom. The van der Waals surface area contributed by atoms with Gasteiger partial charge in [0.15, 0.2) is 0 Å². The van der Waals surface area contributed by atoms with Gasteiger partial charge in [-0.1, -0.05) is 0 Å². The third kappa shape index (κ3) is 2.41. The summed E-state index contributed by atoms with van der Waals surface area (Å²) in [7, 11) is 4.16. The lowest BCUT2D eigenvalue weighted by atomic mass is 10.2. The highest BCUT2D eigenvalue weighted by Crippen LogP contribution is 2.18. The first-order chi connectivity index (χ1) is 7.18. The molecule has 0 spiro atoms. The van der Waals surface area contributed by atoms with E-state index in [1.54, 1.807) is 0 Å². The molecule has 0 aromatic carbocycles. The quantitative estimate of drug-likeness (QED) is 0.891. The van der Waals surface area contributed by atoms with Gasteiger partial charge in [0.05, 0.1) is 16.4 Å². The second-order valence-electron chi connectivity index (χ2n) is 4.12. The molecule has 2 rings (SSSR count). The Bertz CT molecular complexity index is 311. The van der Waals surface area contributed by atoms with Gasteiger partial charge in [-0.25, -0.2) is 0 Å². The molecule has 15 heavy (non-hydrogen) atoms. The minimum Gasteiger partial charge on any atom is -0.315 e. The van der Waals surface area contributed by atoms with E-state index in [0.717, 1.165) is 24.1 Å². The zero-order valence-electron chi connectivity index (χ0n) is 9.20. The largest absolute Gasteiger partial charge is 0.315 e. The number of hydrogen-bond donors (Lipinski definition) is 1. The van der Waals surface area contributed by atoms with E-state index in [1.807, 2.05) is 17.9 Å². The zero-order valence-corrected chi connectivity index (χ0v) is 10.8. The molecule has 4 nitrogen and oxygen atoms in total. The van der Waals surface area contributed by atoms with E-state index in [2.05, 4.69) is 38.3 Å². The smallest absolute Gasteiger partial charge is 0.0663 e. The molecule has 1 saturated heterocycles. The van der Waals surface area contributed by atoms with Crippen molar-refractivity contribution in [1.29, 1.82) is 0 Å². The fourth-order valence-corrected chi connectivity index (χ4v) is 2.47. The van der Waals surface area contributed by atoms with Crippen molar-refractivity contribution >= 4 is 15.9 Å². The van der Waals surface area contributed by atoms with Crippen LogP contribution in [0.2, 0.25) is 0 Å². The van der Waals surface area contributed by atoms with Gasteiger partial charge >= 0.3 is 0 Å². The van der Waals surface area contributed by atoms with Gasteiger partial charge in [0, 0.05) is 26.2 Å². The predicted molar refractivity (Wildman–Crippen MR) is 63.6 cm³/mol. The molecule has 0 bridgehead atoms. The first-order valence-electron chi connectivity index (χ1n) is 5.26. The molecule has 84 valence electrons. The Balaban J connectivity index is 2.01. The van der Waals surface area contributed by atoms with E-state index in [0.29, 0.717) is 6.04 Å². The number of likely N-dealkylation sites (N-methyl/N-ethyl adjacent to an activating group) is 1. The van der Waals surface area contributed by atoms with Crippen molar-refractivity contribution < 1.29 is 0 Å². The highest BCUT2D eigenvalue weighted by molar-refractivity contribution is 9.10. The summed E-state index contributed by atoms with van der Waals surface area (Å²) in [5, 5.41) is 7.61. The monoisotopic (exact) mass is 272 g/mol. The SMILES string of the molecule is CN(Cc1c(Br)cnn1C)C1CCNC1. The normalized spacial score (nSPS) is 21.5. The van der Waals surface area contributed by atoms with Crippen LogP contribution in [0, 0.1) is 0 Å². The van der Waals surface area contributed by atoms with Gasteiger partial charge in [0.2, 0.25) is 0 Å². The summed E-state index contributed by atoms with van der Waals surface area (Å²) < 4.78 is 3.03. The Kier molecular flexibility index (Phi) is 3.43. The molecular weight excluding hydrogens is 256 g/mol. The van der Waals surface area contributed by atoms with Gasteiger partial charge in [-0.3, -0.25) is 9.58 Å². The van der Waals surface area contributed by atoms with Crippen molar-refractivity contribution in [3.05, 3.63) is 16.4 Å². The fraction of sp³-hybridized carbons (Fsp3) is 0.700. The summed E-state index contributed by atoms with van der Waals surface area (Å²) >= 11 is 3.53. The van der Waals surface area contributed by atoms with Crippen LogP contribution in [-0.4, -0.2) is 40.9 Å². The minimum absolute atomic E-state index is 0.659. The molecule has 0 amide bonds. The molecule has 1 atom stereocenters. The summed E-state index contributed by atoms with van der Waals surface area (Å²) in [5.41, 5.74) is 1.24. The van der Waals surface area contributed by atoms with Crippen molar-refractivity contribution in [2.45, 2.75) is 19.0 Å². The molecule has 0 radical (unpaired) electrons. The number of nitrogens with zero attached hydrogens (tertiary/aromatic N) is 3. The lowest BCUT2D eigenvalue weighted by Gasteiger charge is -2.23. The third-order valence-corrected chi connectivity index (χ3v) is 3.73. The third-order valence-electron chi connectivity index (χ3n) is 3.07. The van der Waals surface area contributed by atoms with E-state index in [4.69, 9.17) is 0 Å². The van der Waals surface area contributed by atoms with E-state index in [1.165, 1.54) is 12.1 Å². The molecule has 0 saturated carbocycles. The Morgan fingerprint density at radius 2 is 2.53 bits per heavy atom. The van der Waals surface area contributed by atoms with Crippen LogP contribution in [0.4, 0.5) is 0 Å². The van der Waals surface area contributed by atoms with Crippen molar-refractivity contribution in [2.75, 3.05) is 20.1 Å². The number of hydrogen-bond acceptors (Lipinski definition) is 3. The van der Waals surface area contributed by atoms with Crippen molar-refractivity contribution in [3.8, 4) is 0 Å². The second-order valence-corrected chi connectivity index (χ2v) is 4.98. The molecule has 1 fully saturated rings. The summed E-state index contributed by atoms with van der Waals surface area (Å²) in [4.78, 5) is 2.39. The van der Waals surface area contributed by atoms with Crippen LogP contribution in [0.25, 0.3) is 0 Å². The van der Waals surface area contributed by atoms with Gasteiger partial charge < -0.3 is 5.32 Å². The van der Waals surface area contributed by atoms with Crippen molar-refractivity contribution in [1.82, 2.24) is 20.0 Å². The molecular formula is C10H17BrN4. The standard InChI is InChI=1S/C10H17BrN4/c1-14(8-3-4-12-5-8)7-10-9(11)6-13-15(10)2/h6,8,12H,3-5,7H2,1-2H3. The highest BCUT2D eigenvalue weighted by atomic mass is 79.9. The van der Waals surface area contributed by atoms with Crippen LogP contribution in [-0.2, 0) is 13.6 Å². The Labute approximate surface area is 98.8 Å². The summed E-state index contributed by atoms with van der Waals surface area (Å²) in [5.74, 6) is 0. The maximum absolute atomic E-state index is 4.22. The van der Waals surface area contributed by atoms with Gasteiger partial charge in [-0.15, -0.1) is 0 Å². The predicted octanol–water partition coefficient (Wildman–Crippen LogP) is 0.976. The van der Waals surface area contributed by atoms with Gasteiger partial charge in [-0.2, -0.15) is 5.10 Å². The highest BCUT2D eigenvalue weighted by Gasteiger charge is 2.20. The lowest BCUT2D eigenvalue weighted by Crippen LogP contribution is -2.33. The molecule has 1 aromatic rings. The van der Waals surface area contributed by atoms with Gasteiger partial charge in [0.1, 0.15) is 0 Å². The average Bonchev–Trinajstić information content (AvgIpc) is 2.82. The molecule has 1 aromatic heterocycles. The Hall–Kier alpha value is -0.390. The van der Waals surface area contributed by atoms with Crippen LogP contribution in [0.5, 0.6) is 0 Å². The molecule has 1 aliphatic rings. The van der Waals surface area contributed by atoms with Gasteiger partial charge in [-0.05, 0) is 35.9 Å². The summed E-state index contributed by atoms with van der Waals surface area (Å²) in [6.45, 7) is 3.19. The van der Waals surface area contributed by atoms with Crippen molar-refractivity contribution in [3.63, 3.8) is 0 Å². The number of rotatable bonds is 3. The first kappa shape index (κ1) is 11.1. The van der Waals surface area contributed by atoms with Crippen LogP contribution < -0.4 is 5.32 Å². The second kappa shape index (κ2) is 4.63. The number of halogens is 1. The average molecular weight is 273 g/mol. The molecule has 1 N–H and O–H groups in total. The van der Waals surface area contributed by atoms with E-state index in [-0.39, 0.29) is 0 Å². The maximum Gasteiger partial charge on any atom is 0.0663 e. The molecule has 0 aliphatic carbocycles. The van der Waals surface area contributed by atoms with E-state index >= 15 is 0 Å². The molecule has 2 heterocycles. The molecule has 1 unspecified atom stereocenters. The number of aromatic nitrogens is 2.